The van der Waals surface area contributed by atoms with Crippen LogP contribution in [0, 0.1) is 6.92 Å². The Kier molecular flexibility index (Phi) is 6.81. The Bertz CT molecular complexity index is 924. The molecule has 1 atom stereocenters. The monoisotopic (exact) mass is 456 g/mol. The lowest BCUT2D eigenvalue weighted by molar-refractivity contribution is -0.132. The third-order valence-electron chi connectivity index (χ3n) is 5.37. The van der Waals surface area contributed by atoms with Crippen molar-refractivity contribution in [2.45, 2.75) is 26.0 Å². The van der Waals surface area contributed by atoms with Gasteiger partial charge in [0.2, 0.25) is 5.91 Å². The van der Waals surface area contributed by atoms with Crippen LogP contribution in [0.2, 0.25) is 10.0 Å². The second-order valence-electron chi connectivity index (χ2n) is 7.52. The molecular formula is C20H26Cl2N4O4. The van der Waals surface area contributed by atoms with Crippen molar-refractivity contribution in [1.29, 1.82) is 0 Å². The van der Waals surface area contributed by atoms with E-state index < -0.39 is 12.2 Å². The Balaban J connectivity index is 1.64. The maximum Gasteiger partial charge on any atom is 0.244 e. The number of aliphatic hydroxyl groups is 2. The predicted octanol–water partition coefficient (Wildman–Crippen LogP) is 2.06. The first-order chi connectivity index (χ1) is 14.2. The molecule has 1 fully saturated rings. The minimum absolute atomic E-state index is 0.0157. The van der Waals surface area contributed by atoms with Crippen LogP contribution in [0.15, 0.2) is 18.2 Å². The zero-order chi connectivity index (χ0) is 22.1. The Labute approximate surface area is 185 Å². The number of carbonyl (C=O) groups is 1. The summed E-state index contributed by atoms with van der Waals surface area (Å²) in [4.78, 5) is 16.8. The zero-order valence-electron chi connectivity index (χ0n) is 17.2. The molecule has 0 aliphatic carbocycles. The van der Waals surface area contributed by atoms with Crippen molar-refractivity contribution >= 4 is 34.8 Å². The lowest BCUT2D eigenvalue weighted by atomic mass is 10.0. The van der Waals surface area contributed by atoms with Crippen molar-refractivity contribution in [3.63, 3.8) is 0 Å². The fourth-order valence-corrected chi connectivity index (χ4v) is 3.92. The predicted molar refractivity (Wildman–Crippen MR) is 115 cm³/mol. The summed E-state index contributed by atoms with van der Waals surface area (Å²) in [6.07, 6.45) is 0. The second-order valence-corrected chi connectivity index (χ2v) is 8.31. The average molecular weight is 457 g/mol. The molecule has 1 aliphatic rings. The number of amides is 1. The highest BCUT2D eigenvalue weighted by molar-refractivity contribution is 6.32. The van der Waals surface area contributed by atoms with Gasteiger partial charge in [0.15, 0.2) is 0 Å². The number of rotatable bonds is 6. The zero-order valence-corrected chi connectivity index (χ0v) is 18.7. The molecule has 1 unspecified atom stereocenters. The Morgan fingerprint density at radius 1 is 1.27 bits per heavy atom. The number of hydrogen-bond acceptors (Lipinski definition) is 6. The number of hydrogen-bond donors (Lipinski definition) is 2. The number of halogens is 2. The highest BCUT2D eigenvalue weighted by Gasteiger charge is 2.31. The molecule has 30 heavy (non-hydrogen) atoms. The van der Waals surface area contributed by atoms with E-state index in [1.54, 1.807) is 25.0 Å². The number of aromatic nitrogens is 2. The van der Waals surface area contributed by atoms with Crippen molar-refractivity contribution < 1.29 is 19.7 Å². The molecular weight excluding hydrogens is 431 g/mol. The normalized spacial score (nSPS) is 16.5. The fourth-order valence-electron chi connectivity index (χ4n) is 3.38. The standard InChI is InChI=1S/C20H26Cl2N4O4/c1-13-18(22)19(20(2,29)12-27)23-26(13)11-17(28)25-8-6-24(7-9-25)14-4-5-15(21)16(10-14)30-3/h4-5,10,27,29H,6-9,11-12H2,1-3H3. The van der Waals surface area contributed by atoms with Gasteiger partial charge < -0.3 is 24.7 Å². The Hall–Kier alpha value is -2.00. The molecule has 0 saturated carbocycles. The summed E-state index contributed by atoms with van der Waals surface area (Å²) in [7, 11) is 1.58. The van der Waals surface area contributed by atoms with Crippen molar-refractivity contribution in [2.24, 2.45) is 0 Å². The van der Waals surface area contributed by atoms with E-state index in [0.29, 0.717) is 42.6 Å². The molecule has 1 saturated heterocycles. The quantitative estimate of drug-likeness (QED) is 0.690. The van der Waals surface area contributed by atoms with Crippen LogP contribution in [0.5, 0.6) is 5.75 Å². The van der Waals surface area contributed by atoms with Gasteiger partial charge in [-0.3, -0.25) is 9.48 Å². The minimum atomic E-state index is -1.57. The van der Waals surface area contributed by atoms with Crippen molar-refractivity contribution in [3.05, 3.63) is 39.6 Å². The summed E-state index contributed by atoms with van der Waals surface area (Å²) in [5.41, 5.74) is 0.162. The van der Waals surface area contributed by atoms with Crippen LogP contribution in [-0.2, 0) is 16.9 Å². The summed E-state index contributed by atoms with van der Waals surface area (Å²) in [6, 6.07) is 5.63. The van der Waals surface area contributed by atoms with Gasteiger partial charge in [0.25, 0.3) is 0 Å². The van der Waals surface area contributed by atoms with Gasteiger partial charge in [-0.05, 0) is 26.0 Å². The van der Waals surface area contributed by atoms with Crippen LogP contribution in [0.4, 0.5) is 5.69 Å². The van der Waals surface area contributed by atoms with Gasteiger partial charge in [-0.1, -0.05) is 23.2 Å². The smallest absolute Gasteiger partial charge is 0.244 e. The number of ether oxygens (including phenoxy) is 1. The molecule has 10 heteroatoms. The summed E-state index contributed by atoms with van der Waals surface area (Å²) in [6.45, 7) is 5.15. The molecule has 164 valence electrons. The summed E-state index contributed by atoms with van der Waals surface area (Å²) in [5, 5.41) is 24.7. The number of nitrogens with zero attached hydrogens (tertiary/aromatic N) is 4. The number of methoxy groups -OCH3 is 1. The first-order valence-electron chi connectivity index (χ1n) is 9.61. The fraction of sp³-hybridized carbons (Fsp3) is 0.500. The first-order valence-corrected chi connectivity index (χ1v) is 10.4. The maximum atomic E-state index is 12.8. The van der Waals surface area contributed by atoms with Crippen molar-refractivity contribution in [3.8, 4) is 5.75 Å². The van der Waals surface area contributed by atoms with E-state index in [1.165, 1.54) is 11.6 Å². The molecule has 2 heterocycles. The summed E-state index contributed by atoms with van der Waals surface area (Å²) >= 11 is 12.4. The van der Waals surface area contributed by atoms with E-state index in [-0.39, 0.29) is 23.2 Å². The lowest BCUT2D eigenvalue weighted by Crippen LogP contribution is -2.49. The maximum absolute atomic E-state index is 12.8. The van der Waals surface area contributed by atoms with Crippen molar-refractivity contribution in [2.75, 3.05) is 44.8 Å². The van der Waals surface area contributed by atoms with Crippen LogP contribution in [0.3, 0.4) is 0 Å². The number of anilines is 1. The van der Waals surface area contributed by atoms with Crippen molar-refractivity contribution in [1.82, 2.24) is 14.7 Å². The Morgan fingerprint density at radius 2 is 1.93 bits per heavy atom. The van der Waals surface area contributed by atoms with Crippen LogP contribution in [0.1, 0.15) is 18.3 Å². The molecule has 3 rings (SSSR count). The minimum Gasteiger partial charge on any atom is -0.495 e. The van der Waals surface area contributed by atoms with Crippen LogP contribution < -0.4 is 9.64 Å². The SMILES string of the molecule is COc1cc(N2CCN(C(=O)Cn3nc(C(C)(O)CO)c(Cl)c3C)CC2)ccc1Cl. The van der Waals surface area contributed by atoms with Gasteiger partial charge in [0.05, 0.1) is 29.5 Å². The molecule has 1 aromatic carbocycles. The van der Waals surface area contributed by atoms with Crippen LogP contribution in [0.25, 0.3) is 0 Å². The molecule has 8 nitrogen and oxygen atoms in total. The van der Waals surface area contributed by atoms with E-state index in [9.17, 15) is 15.0 Å². The van der Waals surface area contributed by atoms with Gasteiger partial charge in [-0.15, -0.1) is 0 Å². The second kappa shape index (κ2) is 9.01. The first kappa shape index (κ1) is 22.7. The average Bonchev–Trinajstić information content (AvgIpc) is 3.03. The molecule has 0 radical (unpaired) electrons. The van der Waals surface area contributed by atoms with Crippen LogP contribution >= 0.6 is 23.2 Å². The van der Waals surface area contributed by atoms with Gasteiger partial charge >= 0.3 is 0 Å². The highest BCUT2D eigenvalue weighted by Crippen LogP contribution is 2.31. The van der Waals surface area contributed by atoms with E-state index in [2.05, 4.69) is 10.00 Å². The van der Waals surface area contributed by atoms with Gasteiger partial charge in [0.1, 0.15) is 23.6 Å². The number of benzene rings is 1. The summed E-state index contributed by atoms with van der Waals surface area (Å²) in [5.74, 6) is 0.536. The molecule has 1 aromatic heterocycles. The largest absolute Gasteiger partial charge is 0.495 e. The van der Waals surface area contributed by atoms with Gasteiger partial charge in [0, 0.05) is 37.9 Å². The molecule has 2 aromatic rings. The van der Waals surface area contributed by atoms with E-state index in [0.717, 1.165) is 5.69 Å². The number of aliphatic hydroxyl groups excluding tert-OH is 1. The van der Waals surface area contributed by atoms with E-state index >= 15 is 0 Å². The lowest BCUT2D eigenvalue weighted by Gasteiger charge is -2.36. The highest BCUT2D eigenvalue weighted by atomic mass is 35.5. The molecule has 1 amide bonds. The van der Waals surface area contributed by atoms with Crippen LogP contribution in [-0.4, -0.2) is 70.7 Å². The van der Waals surface area contributed by atoms with Gasteiger partial charge in [-0.25, -0.2) is 0 Å². The topological polar surface area (TPSA) is 91.1 Å². The van der Waals surface area contributed by atoms with Gasteiger partial charge in [-0.2, -0.15) is 5.10 Å². The third-order valence-corrected chi connectivity index (χ3v) is 6.13. The Morgan fingerprint density at radius 3 is 2.53 bits per heavy atom. The third kappa shape index (κ3) is 4.51. The van der Waals surface area contributed by atoms with E-state index in [1.807, 2.05) is 12.1 Å². The molecule has 2 N–H and O–H groups in total. The molecule has 0 bridgehead atoms. The number of carbonyl (C=O) groups excluding carboxylic acids is 1. The molecule has 1 aliphatic heterocycles. The summed E-state index contributed by atoms with van der Waals surface area (Å²) < 4.78 is 6.75. The van der Waals surface area contributed by atoms with E-state index in [4.69, 9.17) is 27.9 Å². The number of piperazine rings is 1. The molecule has 0 spiro atoms.